The second-order valence-corrected chi connectivity index (χ2v) is 4.45. The minimum Gasteiger partial charge on any atom is -0.501 e. The Labute approximate surface area is 114 Å². The number of esters is 1. The molecule has 0 bridgehead atoms. The maximum Gasteiger partial charge on any atom is 0.334 e. The van der Waals surface area contributed by atoms with Gasteiger partial charge in [0.1, 0.15) is 11.9 Å². The number of benzene rings is 1. The number of carbonyl (C=O) groups excluding carboxylic acids is 1. The molecule has 0 aliphatic carbocycles. The topological polar surface area (TPSA) is 35.5 Å². The maximum absolute atomic E-state index is 13.5. The van der Waals surface area contributed by atoms with Crippen LogP contribution in [0.3, 0.4) is 0 Å². The first kappa shape index (κ1) is 14.4. The van der Waals surface area contributed by atoms with Gasteiger partial charge >= 0.3 is 5.97 Å². The van der Waals surface area contributed by atoms with E-state index in [2.05, 4.69) is 0 Å². The summed E-state index contributed by atoms with van der Waals surface area (Å²) in [5.41, 5.74) is 0.0495. The van der Waals surface area contributed by atoms with Gasteiger partial charge in [-0.25, -0.2) is 18.0 Å². The van der Waals surface area contributed by atoms with Gasteiger partial charge in [0, 0.05) is 6.42 Å². The lowest BCUT2D eigenvalue weighted by atomic mass is 10.0. The zero-order chi connectivity index (χ0) is 14.7. The summed E-state index contributed by atoms with van der Waals surface area (Å²) >= 11 is 0. The fourth-order valence-electron chi connectivity index (χ4n) is 2.03. The molecule has 2 rings (SSSR count). The Morgan fingerprint density at radius 3 is 2.75 bits per heavy atom. The van der Waals surface area contributed by atoms with Gasteiger partial charge in [-0.05, 0) is 24.5 Å². The molecule has 1 aliphatic rings. The summed E-state index contributed by atoms with van der Waals surface area (Å²) in [4.78, 5) is 11.3. The molecule has 0 spiro atoms. The van der Waals surface area contributed by atoms with Crippen LogP contribution in [0.1, 0.15) is 18.4 Å². The Kier molecular flexibility index (Phi) is 4.32. The lowest BCUT2D eigenvalue weighted by Gasteiger charge is -2.22. The van der Waals surface area contributed by atoms with Gasteiger partial charge in [0.05, 0.1) is 13.2 Å². The predicted molar refractivity (Wildman–Crippen MR) is 64.2 cm³/mol. The van der Waals surface area contributed by atoms with E-state index in [-0.39, 0.29) is 12.0 Å². The number of ether oxygens (including phenoxy) is 2. The predicted octanol–water partition coefficient (Wildman–Crippen LogP) is 2.88. The molecule has 1 aliphatic heterocycles. The van der Waals surface area contributed by atoms with E-state index in [4.69, 9.17) is 9.47 Å². The van der Waals surface area contributed by atoms with Crippen LogP contribution in [0.2, 0.25) is 0 Å². The maximum atomic E-state index is 13.5. The van der Waals surface area contributed by atoms with Gasteiger partial charge in [0.2, 0.25) is 0 Å². The summed E-state index contributed by atoms with van der Waals surface area (Å²) in [5.74, 6) is -3.95. The van der Waals surface area contributed by atoms with Crippen LogP contribution in [-0.4, -0.2) is 19.2 Å². The molecular formula is C14H13F3O3. The lowest BCUT2D eigenvalue weighted by Crippen LogP contribution is -2.24. The molecule has 0 saturated heterocycles. The number of hydrogen-bond acceptors (Lipinski definition) is 3. The molecule has 0 fully saturated rings. The van der Waals surface area contributed by atoms with Crippen molar-refractivity contribution >= 4 is 5.97 Å². The summed E-state index contributed by atoms with van der Waals surface area (Å²) in [6, 6.07) is 2.06. The van der Waals surface area contributed by atoms with Crippen LogP contribution in [0, 0.1) is 17.5 Å². The van der Waals surface area contributed by atoms with Gasteiger partial charge in [0.25, 0.3) is 0 Å². The molecule has 1 heterocycles. The molecule has 0 N–H and O–H groups in total. The van der Waals surface area contributed by atoms with Crippen molar-refractivity contribution in [3.63, 3.8) is 0 Å². The van der Waals surface area contributed by atoms with E-state index in [0.29, 0.717) is 18.6 Å². The van der Waals surface area contributed by atoms with Crippen molar-refractivity contribution < 1.29 is 27.4 Å². The summed E-state index contributed by atoms with van der Waals surface area (Å²) in [5, 5.41) is 0. The van der Waals surface area contributed by atoms with Crippen molar-refractivity contribution in [1.82, 2.24) is 0 Å². The number of halogens is 3. The van der Waals surface area contributed by atoms with E-state index < -0.39 is 29.5 Å². The monoisotopic (exact) mass is 286 g/mol. The molecule has 3 nitrogen and oxygen atoms in total. The highest BCUT2D eigenvalue weighted by molar-refractivity contribution is 5.83. The average molecular weight is 286 g/mol. The van der Waals surface area contributed by atoms with E-state index in [1.54, 1.807) is 0 Å². The molecule has 0 saturated carbocycles. The highest BCUT2D eigenvalue weighted by Gasteiger charge is 2.23. The summed E-state index contributed by atoms with van der Waals surface area (Å²) in [7, 11) is 1.44. The van der Waals surface area contributed by atoms with E-state index >= 15 is 0 Å². The van der Waals surface area contributed by atoms with Crippen LogP contribution in [0.4, 0.5) is 13.2 Å². The Morgan fingerprint density at radius 1 is 1.30 bits per heavy atom. The van der Waals surface area contributed by atoms with Gasteiger partial charge < -0.3 is 9.47 Å². The third kappa shape index (κ3) is 3.12. The first-order valence-electron chi connectivity index (χ1n) is 6.08. The molecule has 1 unspecified atom stereocenters. The molecule has 0 aromatic heterocycles. The number of aryl methyl sites for hydroxylation is 1. The fourth-order valence-corrected chi connectivity index (χ4v) is 2.03. The van der Waals surface area contributed by atoms with Gasteiger partial charge in [-0.3, -0.25) is 0 Å². The lowest BCUT2D eigenvalue weighted by molar-refractivity contribution is -0.145. The summed E-state index contributed by atoms with van der Waals surface area (Å²) in [6.07, 6.45) is 1.60. The van der Waals surface area contributed by atoms with Crippen molar-refractivity contribution in [3.05, 3.63) is 47.0 Å². The van der Waals surface area contributed by atoms with Crippen molar-refractivity contribution in [1.29, 1.82) is 0 Å². The van der Waals surface area contributed by atoms with E-state index in [0.717, 1.165) is 6.07 Å². The molecule has 0 radical (unpaired) electrons. The molecule has 1 atom stereocenters. The quantitative estimate of drug-likeness (QED) is 0.630. The number of methoxy groups -OCH3 is 1. The molecule has 20 heavy (non-hydrogen) atoms. The Hall–Kier alpha value is -1.98. The van der Waals surface area contributed by atoms with Crippen LogP contribution in [0.15, 0.2) is 24.0 Å². The summed E-state index contributed by atoms with van der Waals surface area (Å²) in [6.45, 7) is 0. The molecule has 0 amide bonds. The van der Waals surface area contributed by atoms with Crippen LogP contribution in [0.5, 0.6) is 0 Å². The minimum atomic E-state index is -1.49. The number of rotatable bonds is 4. The second kappa shape index (κ2) is 5.98. The Morgan fingerprint density at radius 2 is 2.05 bits per heavy atom. The SMILES string of the molecule is COC1=CC(=O)OC(CCc2ccc(F)c(F)c2F)C1. The highest BCUT2D eigenvalue weighted by Crippen LogP contribution is 2.22. The van der Waals surface area contributed by atoms with E-state index in [1.807, 2.05) is 0 Å². The van der Waals surface area contributed by atoms with Crippen molar-refractivity contribution in [3.8, 4) is 0 Å². The first-order chi connectivity index (χ1) is 9.51. The third-order valence-corrected chi connectivity index (χ3v) is 3.10. The van der Waals surface area contributed by atoms with Gasteiger partial charge in [0.15, 0.2) is 17.5 Å². The number of cyclic esters (lactones) is 1. The Balaban J connectivity index is 2.01. The number of carbonyl (C=O) groups is 1. The highest BCUT2D eigenvalue weighted by atomic mass is 19.2. The van der Waals surface area contributed by atoms with Gasteiger partial charge in [-0.15, -0.1) is 0 Å². The average Bonchev–Trinajstić information content (AvgIpc) is 2.43. The van der Waals surface area contributed by atoms with Crippen LogP contribution in [0.25, 0.3) is 0 Å². The van der Waals surface area contributed by atoms with E-state index in [1.165, 1.54) is 19.3 Å². The standard InChI is InChI=1S/C14H13F3O3/c1-19-10-6-9(20-12(18)7-10)4-2-8-3-5-11(15)14(17)13(8)16/h3,5,7,9H,2,4,6H2,1H3. The normalized spacial score (nSPS) is 18.5. The van der Waals surface area contributed by atoms with Crippen LogP contribution < -0.4 is 0 Å². The Bertz CT molecular complexity index is 555. The zero-order valence-corrected chi connectivity index (χ0v) is 10.8. The first-order valence-corrected chi connectivity index (χ1v) is 6.08. The van der Waals surface area contributed by atoms with Crippen molar-refractivity contribution in [2.24, 2.45) is 0 Å². The zero-order valence-electron chi connectivity index (χ0n) is 10.8. The van der Waals surface area contributed by atoms with E-state index in [9.17, 15) is 18.0 Å². The molecule has 108 valence electrons. The van der Waals surface area contributed by atoms with Crippen molar-refractivity contribution in [2.45, 2.75) is 25.4 Å². The molecule has 6 heteroatoms. The third-order valence-electron chi connectivity index (χ3n) is 3.10. The molecule has 1 aromatic carbocycles. The largest absolute Gasteiger partial charge is 0.501 e. The minimum absolute atomic E-state index is 0.0495. The smallest absolute Gasteiger partial charge is 0.334 e. The fraction of sp³-hybridized carbons (Fsp3) is 0.357. The second-order valence-electron chi connectivity index (χ2n) is 4.45. The molecule has 1 aromatic rings. The van der Waals surface area contributed by atoms with Gasteiger partial charge in [-0.1, -0.05) is 6.07 Å². The van der Waals surface area contributed by atoms with Crippen molar-refractivity contribution in [2.75, 3.05) is 7.11 Å². The van der Waals surface area contributed by atoms with Crippen LogP contribution >= 0.6 is 0 Å². The summed E-state index contributed by atoms with van der Waals surface area (Å²) < 4.78 is 49.4. The van der Waals surface area contributed by atoms with Gasteiger partial charge in [-0.2, -0.15) is 0 Å². The van der Waals surface area contributed by atoms with Crippen LogP contribution in [-0.2, 0) is 20.7 Å². The molecular weight excluding hydrogens is 273 g/mol. The number of hydrogen-bond donors (Lipinski definition) is 0.